The highest BCUT2D eigenvalue weighted by Gasteiger charge is 2.36. The first-order valence-electron chi connectivity index (χ1n) is 5.00. The van der Waals surface area contributed by atoms with Crippen molar-refractivity contribution in [2.45, 2.75) is 39.3 Å². The average molecular weight is 198 g/mol. The molecule has 80 valence electrons. The summed E-state index contributed by atoms with van der Waals surface area (Å²) in [7, 11) is 1.53. The van der Waals surface area contributed by atoms with Crippen LogP contribution in [0.3, 0.4) is 0 Å². The third kappa shape index (κ3) is 2.12. The zero-order valence-electron chi connectivity index (χ0n) is 9.20. The SMILES string of the molecule is CC(C)C(C)NC1CC(=O)N(C)C1=O. The molecule has 2 atom stereocenters. The van der Waals surface area contributed by atoms with Crippen molar-refractivity contribution in [2.24, 2.45) is 5.92 Å². The highest BCUT2D eigenvalue weighted by molar-refractivity contribution is 6.05. The van der Waals surface area contributed by atoms with E-state index in [1.807, 2.05) is 6.92 Å². The predicted octanol–water partition coefficient (Wildman–Crippen LogP) is 0.378. The quantitative estimate of drug-likeness (QED) is 0.667. The molecule has 1 rings (SSSR count). The Kier molecular flexibility index (Phi) is 3.26. The molecule has 2 unspecified atom stereocenters. The number of hydrogen-bond acceptors (Lipinski definition) is 3. The minimum atomic E-state index is -0.315. The molecule has 0 aromatic rings. The molecular weight excluding hydrogens is 180 g/mol. The van der Waals surface area contributed by atoms with Gasteiger partial charge < -0.3 is 5.32 Å². The summed E-state index contributed by atoms with van der Waals surface area (Å²) < 4.78 is 0. The Morgan fingerprint density at radius 2 is 1.93 bits per heavy atom. The van der Waals surface area contributed by atoms with E-state index in [9.17, 15) is 9.59 Å². The minimum Gasteiger partial charge on any atom is -0.303 e. The number of carbonyl (C=O) groups excluding carboxylic acids is 2. The molecule has 1 N–H and O–H groups in total. The Morgan fingerprint density at radius 3 is 2.29 bits per heavy atom. The van der Waals surface area contributed by atoms with E-state index in [4.69, 9.17) is 0 Å². The Labute approximate surface area is 84.7 Å². The molecule has 0 aromatic carbocycles. The highest BCUT2D eigenvalue weighted by atomic mass is 16.2. The maximum Gasteiger partial charge on any atom is 0.246 e. The van der Waals surface area contributed by atoms with Gasteiger partial charge in [-0.2, -0.15) is 0 Å². The number of likely N-dealkylation sites (tertiary alicyclic amines) is 1. The first-order chi connectivity index (χ1) is 6.43. The molecule has 0 saturated carbocycles. The van der Waals surface area contributed by atoms with Gasteiger partial charge in [-0.25, -0.2) is 0 Å². The van der Waals surface area contributed by atoms with Crippen molar-refractivity contribution in [2.75, 3.05) is 7.05 Å². The summed E-state index contributed by atoms with van der Waals surface area (Å²) in [4.78, 5) is 23.9. The van der Waals surface area contributed by atoms with Gasteiger partial charge in [0.05, 0.1) is 12.5 Å². The summed E-state index contributed by atoms with van der Waals surface area (Å²) in [6.45, 7) is 6.20. The molecule has 0 bridgehead atoms. The maximum atomic E-state index is 11.5. The van der Waals surface area contributed by atoms with Crippen LogP contribution in [0, 0.1) is 5.92 Å². The Hall–Kier alpha value is -0.900. The minimum absolute atomic E-state index is 0.0940. The average Bonchev–Trinajstić information content (AvgIpc) is 2.33. The van der Waals surface area contributed by atoms with Crippen LogP contribution in [0.2, 0.25) is 0 Å². The fraction of sp³-hybridized carbons (Fsp3) is 0.800. The fourth-order valence-electron chi connectivity index (χ4n) is 1.40. The van der Waals surface area contributed by atoms with E-state index in [-0.39, 0.29) is 23.9 Å². The fourth-order valence-corrected chi connectivity index (χ4v) is 1.40. The molecule has 1 saturated heterocycles. The van der Waals surface area contributed by atoms with Crippen molar-refractivity contribution in [1.29, 1.82) is 0 Å². The lowest BCUT2D eigenvalue weighted by Crippen LogP contribution is -2.43. The first kappa shape index (κ1) is 11.2. The second-order valence-electron chi connectivity index (χ2n) is 4.25. The predicted molar refractivity (Wildman–Crippen MR) is 53.6 cm³/mol. The molecule has 1 aliphatic heterocycles. The maximum absolute atomic E-state index is 11.5. The molecule has 4 heteroatoms. The van der Waals surface area contributed by atoms with E-state index in [1.54, 1.807) is 0 Å². The van der Waals surface area contributed by atoms with Gasteiger partial charge in [-0.3, -0.25) is 14.5 Å². The van der Waals surface area contributed by atoms with E-state index in [1.165, 1.54) is 11.9 Å². The number of nitrogens with one attached hydrogen (secondary N) is 1. The van der Waals surface area contributed by atoms with Crippen LogP contribution in [0.4, 0.5) is 0 Å². The van der Waals surface area contributed by atoms with Crippen molar-refractivity contribution in [1.82, 2.24) is 10.2 Å². The Bertz CT molecular complexity index is 251. The standard InChI is InChI=1S/C10H18N2O2/c1-6(2)7(3)11-8-5-9(13)12(4)10(8)14/h6-8,11H,5H2,1-4H3. The van der Waals surface area contributed by atoms with Crippen LogP contribution in [-0.4, -0.2) is 35.8 Å². The summed E-state index contributed by atoms with van der Waals surface area (Å²) in [5.74, 6) is 0.259. The van der Waals surface area contributed by atoms with Crippen molar-refractivity contribution in [3.63, 3.8) is 0 Å². The van der Waals surface area contributed by atoms with E-state index in [2.05, 4.69) is 19.2 Å². The molecule has 1 aliphatic rings. The lowest BCUT2D eigenvalue weighted by molar-refractivity contribution is -0.137. The molecule has 0 radical (unpaired) electrons. The summed E-state index contributed by atoms with van der Waals surface area (Å²) in [5, 5.41) is 3.18. The lowest BCUT2D eigenvalue weighted by Gasteiger charge is -2.20. The van der Waals surface area contributed by atoms with Gasteiger partial charge in [0.1, 0.15) is 0 Å². The molecule has 1 fully saturated rings. The van der Waals surface area contributed by atoms with Gasteiger partial charge in [0.25, 0.3) is 0 Å². The monoisotopic (exact) mass is 198 g/mol. The normalized spacial score (nSPS) is 24.9. The number of imide groups is 1. The van der Waals surface area contributed by atoms with Crippen molar-refractivity contribution in [3.05, 3.63) is 0 Å². The molecule has 2 amide bonds. The van der Waals surface area contributed by atoms with Gasteiger partial charge in [-0.05, 0) is 12.8 Å². The molecule has 0 aromatic heterocycles. The smallest absolute Gasteiger partial charge is 0.246 e. The number of carbonyl (C=O) groups is 2. The van der Waals surface area contributed by atoms with Gasteiger partial charge >= 0.3 is 0 Å². The van der Waals surface area contributed by atoms with Crippen LogP contribution >= 0.6 is 0 Å². The third-order valence-electron chi connectivity index (χ3n) is 2.85. The number of likely N-dealkylation sites (N-methyl/N-ethyl adjacent to an activating group) is 1. The van der Waals surface area contributed by atoms with Crippen molar-refractivity contribution >= 4 is 11.8 Å². The number of amides is 2. The summed E-state index contributed by atoms with van der Waals surface area (Å²) in [5.41, 5.74) is 0. The third-order valence-corrected chi connectivity index (χ3v) is 2.85. The number of rotatable bonds is 3. The molecule has 4 nitrogen and oxygen atoms in total. The summed E-state index contributed by atoms with van der Waals surface area (Å²) >= 11 is 0. The topological polar surface area (TPSA) is 49.4 Å². The van der Waals surface area contributed by atoms with Crippen LogP contribution in [-0.2, 0) is 9.59 Å². The Morgan fingerprint density at radius 1 is 1.36 bits per heavy atom. The highest BCUT2D eigenvalue weighted by Crippen LogP contribution is 2.12. The van der Waals surface area contributed by atoms with Crippen LogP contribution in [0.1, 0.15) is 27.2 Å². The van der Waals surface area contributed by atoms with Crippen LogP contribution in [0.25, 0.3) is 0 Å². The van der Waals surface area contributed by atoms with Gasteiger partial charge in [0.2, 0.25) is 11.8 Å². The van der Waals surface area contributed by atoms with E-state index < -0.39 is 0 Å². The largest absolute Gasteiger partial charge is 0.303 e. The van der Waals surface area contributed by atoms with Gasteiger partial charge in [-0.1, -0.05) is 13.8 Å². The lowest BCUT2D eigenvalue weighted by atomic mass is 10.1. The number of hydrogen-bond donors (Lipinski definition) is 1. The van der Waals surface area contributed by atoms with Gasteiger partial charge in [0.15, 0.2) is 0 Å². The molecule has 14 heavy (non-hydrogen) atoms. The second-order valence-corrected chi connectivity index (χ2v) is 4.25. The molecular formula is C10H18N2O2. The van der Waals surface area contributed by atoms with Crippen LogP contribution < -0.4 is 5.32 Å². The Balaban J connectivity index is 2.55. The van der Waals surface area contributed by atoms with Crippen molar-refractivity contribution in [3.8, 4) is 0 Å². The van der Waals surface area contributed by atoms with Gasteiger partial charge in [-0.15, -0.1) is 0 Å². The van der Waals surface area contributed by atoms with E-state index in [0.29, 0.717) is 12.3 Å². The van der Waals surface area contributed by atoms with Gasteiger partial charge in [0, 0.05) is 13.1 Å². The van der Waals surface area contributed by atoms with Crippen molar-refractivity contribution < 1.29 is 9.59 Å². The molecule has 0 spiro atoms. The number of nitrogens with zero attached hydrogens (tertiary/aromatic N) is 1. The zero-order chi connectivity index (χ0) is 10.9. The second kappa shape index (κ2) is 4.09. The zero-order valence-corrected chi connectivity index (χ0v) is 9.20. The van der Waals surface area contributed by atoms with Crippen LogP contribution in [0.5, 0.6) is 0 Å². The van der Waals surface area contributed by atoms with E-state index in [0.717, 1.165) is 0 Å². The summed E-state index contributed by atoms with van der Waals surface area (Å²) in [6.07, 6.45) is 0.298. The van der Waals surface area contributed by atoms with Crippen LogP contribution in [0.15, 0.2) is 0 Å². The first-order valence-corrected chi connectivity index (χ1v) is 5.00. The molecule has 1 heterocycles. The summed E-state index contributed by atoms with van der Waals surface area (Å²) in [6, 6.07) is -0.0619. The van der Waals surface area contributed by atoms with E-state index >= 15 is 0 Å². The molecule has 0 aliphatic carbocycles.